The van der Waals surface area contributed by atoms with Crippen LogP contribution in [0.5, 0.6) is 5.75 Å². The number of allylic oxidation sites excluding steroid dienone is 2. The van der Waals surface area contributed by atoms with E-state index in [1.807, 2.05) is 48.5 Å². The molecular weight excluding hydrogens is 370 g/mol. The summed E-state index contributed by atoms with van der Waals surface area (Å²) in [4.78, 5) is 26.3. The Bertz CT molecular complexity index is 1000. The van der Waals surface area contributed by atoms with E-state index in [9.17, 15) is 9.59 Å². The van der Waals surface area contributed by atoms with Crippen molar-refractivity contribution in [2.24, 2.45) is 0 Å². The lowest BCUT2D eigenvalue weighted by molar-refractivity contribution is -0.139. The smallest absolute Gasteiger partial charge is 0.355 e. The maximum atomic E-state index is 12.5. The summed E-state index contributed by atoms with van der Waals surface area (Å²) in [6.07, 6.45) is 6.61. The number of carbonyl (C=O) groups is 2. The molecule has 3 rings (SSSR count). The first-order valence-electron chi connectivity index (χ1n) is 8.89. The summed E-state index contributed by atoms with van der Waals surface area (Å²) in [5.41, 5.74) is 2.78. The van der Waals surface area contributed by atoms with Gasteiger partial charge in [-0.15, -0.1) is 0 Å². The minimum Gasteiger partial charge on any atom is -0.496 e. The van der Waals surface area contributed by atoms with Crippen LogP contribution in [0.4, 0.5) is 5.69 Å². The van der Waals surface area contributed by atoms with Gasteiger partial charge < -0.3 is 19.1 Å². The first kappa shape index (κ1) is 19.9. The maximum Gasteiger partial charge on any atom is 0.355 e. The van der Waals surface area contributed by atoms with E-state index < -0.39 is 11.9 Å². The highest BCUT2D eigenvalue weighted by molar-refractivity contribution is 6.05. The van der Waals surface area contributed by atoms with Gasteiger partial charge in [0.05, 0.1) is 26.9 Å². The van der Waals surface area contributed by atoms with E-state index in [0.717, 1.165) is 16.9 Å². The van der Waals surface area contributed by atoms with Gasteiger partial charge in [0.1, 0.15) is 11.4 Å². The third-order valence-corrected chi connectivity index (χ3v) is 4.45. The van der Waals surface area contributed by atoms with E-state index in [4.69, 9.17) is 14.2 Å². The van der Waals surface area contributed by atoms with Crippen molar-refractivity contribution in [3.8, 4) is 16.9 Å². The third kappa shape index (κ3) is 4.06. The summed E-state index contributed by atoms with van der Waals surface area (Å²) in [7, 11) is 4.16. The first-order valence-corrected chi connectivity index (χ1v) is 8.89. The van der Waals surface area contributed by atoms with E-state index in [1.165, 1.54) is 20.3 Å². The Kier molecular flexibility index (Phi) is 6.14. The fourth-order valence-electron chi connectivity index (χ4n) is 3.05. The number of hydrogen-bond acceptors (Lipinski definition) is 6. The number of benzene rings is 2. The highest BCUT2D eigenvalue weighted by atomic mass is 16.5. The molecule has 0 bridgehead atoms. The van der Waals surface area contributed by atoms with Crippen molar-refractivity contribution in [2.45, 2.75) is 0 Å². The monoisotopic (exact) mass is 391 g/mol. The molecule has 0 aliphatic carbocycles. The quantitative estimate of drug-likeness (QED) is 0.722. The molecule has 1 aliphatic heterocycles. The molecule has 0 N–H and O–H groups in total. The number of nitrogens with zero attached hydrogens (tertiary/aromatic N) is 1. The van der Waals surface area contributed by atoms with Crippen molar-refractivity contribution in [3.05, 3.63) is 84.2 Å². The zero-order valence-electron chi connectivity index (χ0n) is 16.4. The molecule has 0 saturated carbocycles. The fraction of sp³-hybridized carbons (Fsp3) is 0.130. The number of esters is 2. The summed E-state index contributed by atoms with van der Waals surface area (Å²) in [5.74, 6) is -0.501. The van der Waals surface area contributed by atoms with Crippen LogP contribution < -0.4 is 9.64 Å². The normalized spacial score (nSPS) is 13.1. The molecule has 29 heavy (non-hydrogen) atoms. The van der Waals surface area contributed by atoms with Crippen LogP contribution in [0.15, 0.2) is 84.2 Å². The molecule has 2 aromatic rings. The molecule has 6 heteroatoms. The second-order valence-corrected chi connectivity index (χ2v) is 6.06. The summed E-state index contributed by atoms with van der Waals surface area (Å²) < 4.78 is 15.2. The predicted octanol–water partition coefficient (Wildman–Crippen LogP) is 3.85. The molecule has 0 spiro atoms. The number of methoxy groups -OCH3 is 3. The lowest BCUT2D eigenvalue weighted by Crippen LogP contribution is -2.26. The zero-order valence-corrected chi connectivity index (χ0v) is 16.4. The van der Waals surface area contributed by atoms with Crippen LogP contribution in [0, 0.1) is 0 Å². The van der Waals surface area contributed by atoms with Gasteiger partial charge in [-0.05, 0) is 35.9 Å². The largest absolute Gasteiger partial charge is 0.496 e. The van der Waals surface area contributed by atoms with Gasteiger partial charge >= 0.3 is 11.9 Å². The Balaban J connectivity index is 2.06. The van der Waals surface area contributed by atoms with Crippen LogP contribution in [0.25, 0.3) is 11.1 Å². The van der Waals surface area contributed by atoms with Crippen LogP contribution in [-0.2, 0) is 19.1 Å². The molecule has 1 aliphatic rings. The molecular formula is C23H21NO5. The van der Waals surface area contributed by atoms with Gasteiger partial charge in [0.25, 0.3) is 0 Å². The van der Waals surface area contributed by atoms with E-state index in [1.54, 1.807) is 30.4 Å². The van der Waals surface area contributed by atoms with Gasteiger partial charge in [0.2, 0.25) is 0 Å². The Morgan fingerprint density at radius 2 is 1.52 bits per heavy atom. The van der Waals surface area contributed by atoms with Crippen LogP contribution in [0.1, 0.15) is 0 Å². The molecule has 0 fully saturated rings. The number of hydrogen-bond donors (Lipinski definition) is 0. The minimum absolute atomic E-state index is 0.0781. The standard InChI is InChI=1S/C23H21NO5/c1-27-20-10-5-4-8-18(20)16-11-13-17(14-12-16)24-15-7-6-9-19(22(25)28-2)21(24)23(26)29-3/h4-15H,1-3H3. The van der Waals surface area contributed by atoms with Crippen LogP contribution in [0.3, 0.4) is 0 Å². The molecule has 0 unspecified atom stereocenters. The van der Waals surface area contributed by atoms with Gasteiger partial charge in [-0.2, -0.15) is 0 Å². The highest BCUT2D eigenvalue weighted by Gasteiger charge is 2.27. The van der Waals surface area contributed by atoms with E-state index in [-0.39, 0.29) is 11.3 Å². The minimum atomic E-state index is -0.643. The van der Waals surface area contributed by atoms with Gasteiger partial charge in [0, 0.05) is 17.5 Å². The number of ether oxygens (including phenoxy) is 3. The van der Waals surface area contributed by atoms with Crippen LogP contribution >= 0.6 is 0 Å². The number of rotatable bonds is 5. The summed E-state index contributed by atoms with van der Waals surface area (Å²) >= 11 is 0. The lowest BCUT2D eigenvalue weighted by Gasteiger charge is -2.23. The van der Waals surface area contributed by atoms with Gasteiger partial charge in [-0.3, -0.25) is 0 Å². The van der Waals surface area contributed by atoms with Crippen molar-refractivity contribution in [1.29, 1.82) is 0 Å². The van der Waals surface area contributed by atoms with Crippen molar-refractivity contribution < 1.29 is 23.8 Å². The Labute approximate surface area is 169 Å². The molecule has 0 radical (unpaired) electrons. The summed E-state index contributed by atoms with van der Waals surface area (Å²) in [6.45, 7) is 0. The van der Waals surface area contributed by atoms with E-state index >= 15 is 0 Å². The Morgan fingerprint density at radius 3 is 2.17 bits per heavy atom. The van der Waals surface area contributed by atoms with Gasteiger partial charge in [-0.25, -0.2) is 9.59 Å². The van der Waals surface area contributed by atoms with E-state index in [2.05, 4.69) is 0 Å². The number of para-hydroxylation sites is 1. The van der Waals surface area contributed by atoms with E-state index in [0.29, 0.717) is 5.69 Å². The average molecular weight is 391 g/mol. The SMILES string of the molecule is COC(=O)C1=C(C(=O)OC)N(c2ccc(-c3ccccc3OC)cc2)C=CC=C1. The van der Waals surface area contributed by atoms with Crippen molar-refractivity contribution in [2.75, 3.05) is 26.2 Å². The second kappa shape index (κ2) is 8.93. The molecule has 0 aromatic heterocycles. The zero-order chi connectivity index (χ0) is 20.8. The highest BCUT2D eigenvalue weighted by Crippen LogP contribution is 2.32. The predicted molar refractivity (Wildman–Crippen MR) is 110 cm³/mol. The fourth-order valence-corrected chi connectivity index (χ4v) is 3.05. The Hall–Kier alpha value is -3.80. The summed E-state index contributed by atoms with van der Waals surface area (Å²) in [5, 5.41) is 0. The molecule has 0 amide bonds. The van der Waals surface area contributed by atoms with Crippen LogP contribution in [-0.4, -0.2) is 33.3 Å². The maximum absolute atomic E-state index is 12.5. The average Bonchev–Trinajstić information content (AvgIpc) is 3.01. The van der Waals surface area contributed by atoms with Crippen molar-refractivity contribution in [3.63, 3.8) is 0 Å². The molecule has 2 aromatic carbocycles. The molecule has 148 valence electrons. The lowest BCUT2D eigenvalue weighted by atomic mass is 10.0. The number of anilines is 1. The first-order chi connectivity index (χ1) is 14.1. The topological polar surface area (TPSA) is 65.1 Å². The molecule has 0 saturated heterocycles. The molecule has 0 atom stereocenters. The molecule has 6 nitrogen and oxygen atoms in total. The van der Waals surface area contributed by atoms with Crippen LogP contribution in [0.2, 0.25) is 0 Å². The number of carbonyl (C=O) groups excluding carboxylic acids is 2. The summed E-state index contributed by atoms with van der Waals surface area (Å²) in [6, 6.07) is 15.3. The van der Waals surface area contributed by atoms with Gasteiger partial charge in [-0.1, -0.05) is 36.4 Å². The third-order valence-electron chi connectivity index (χ3n) is 4.45. The Morgan fingerprint density at radius 1 is 0.828 bits per heavy atom. The van der Waals surface area contributed by atoms with Crippen molar-refractivity contribution in [1.82, 2.24) is 0 Å². The molecule has 1 heterocycles. The van der Waals surface area contributed by atoms with Crippen molar-refractivity contribution >= 4 is 17.6 Å². The second-order valence-electron chi connectivity index (χ2n) is 6.06. The van der Waals surface area contributed by atoms with Gasteiger partial charge in [0.15, 0.2) is 0 Å².